The Kier molecular flexibility index (Phi) is 10.7. The van der Waals surface area contributed by atoms with Gasteiger partial charge in [0.15, 0.2) is 5.96 Å². The second-order valence-electron chi connectivity index (χ2n) is 7.27. The van der Waals surface area contributed by atoms with Crippen LogP contribution in [0.4, 0.5) is 0 Å². The first kappa shape index (κ1) is 22.5. The van der Waals surface area contributed by atoms with E-state index in [0.717, 1.165) is 37.9 Å². The fourth-order valence-electron chi connectivity index (χ4n) is 3.44. The Labute approximate surface area is 169 Å². The zero-order chi connectivity index (χ0) is 17.4. The minimum atomic E-state index is 0. The van der Waals surface area contributed by atoms with Crippen molar-refractivity contribution in [3.05, 3.63) is 0 Å². The van der Waals surface area contributed by atoms with Crippen molar-refractivity contribution in [1.82, 2.24) is 15.5 Å². The number of ether oxygens (including phenoxy) is 1. The van der Waals surface area contributed by atoms with Gasteiger partial charge in [-0.1, -0.05) is 26.2 Å². The fraction of sp³-hybridized carbons (Fsp3) is 0.889. The number of aliphatic imine (C=N–C) groups is 1. The van der Waals surface area contributed by atoms with Crippen LogP contribution >= 0.6 is 24.0 Å². The smallest absolute Gasteiger partial charge is 0.243 e. The van der Waals surface area contributed by atoms with Crippen molar-refractivity contribution in [3.63, 3.8) is 0 Å². The number of hydrogen-bond donors (Lipinski definition) is 2. The highest BCUT2D eigenvalue weighted by molar-refractivity contribution is 14.0. The van der Waals surface area contributed by atoms with E-state index in [1.165, 1.54) is 32.1 Å². The Morgan fingerprint density at radius 2 is 1.80 bits per heavy atom. The standard InChI is InChI=1S/C18H34N4O2.HI/c1-4-14-6-5-7-16(12-14)21-18(19-13-17(23)22(2)3)20-15-8-10-24-11-9-15;/h14-16H,4-13H2,1-3H3,(H2,19,20,21);1H. The number of carbonyl (C=O) groups is 1. The molecule has 0 radical (unpaired) electrons. The third-order valence-electron chi connectivity index (χ3n) is 5.13. The van der Waals surface area contributed by atoms with E-state index >= 15 is 0 Å². The lowest BCUT2D eigenvalue weighted by atomic mass is 9.84. The first-order valence-electron chi connectivity index (χ1n) is 9.44. The average Bonchev–Trinajstić information content (AvgIpc) is 2.60. The number of nitrogens with one attached hydrogen (secondary N) is 2. The molecule has 1 saturated heterocycles. The maximum Gasteiger partial charge on any atom is 0.243 e. The summed E-state index contributed by atoms with van der Waals surface area (Å²) in [4.78, 5) is 18.0. The molecule has 6 nitrogen and oxygen atoms in total. The van der Waals surface area contributed by atoms with Gasteiger partial charge in [0, 0.05) is 39.4 Å². The highest BCUT2D eigenvalue weighted by Crippen LogP contribution is 2.26. The molecule has 0 aromatic rings. The van der Waals surface area contributed by atoms with Crippen LogP contribution in [-0.4, -0.2) is 62.7 Å². The second kappa shape index (κ2) is 11.9. The van der Waals surface area contributed by atoms with Crippen molar-refractivity contribution >= 4 is 35.8 Å². The first-order valence-corrected chi connectivity index (χ1v) is 9.44. The van der Waals surface area contributed by atoms with Crippen LogP contribution in [0.25, 0.3) is 0 Å². The molecule has 1 aliphatic carbocycles. The van der Waals surface area contributed by atoms with Crippen LogP contribution in [0.15, 0.2) is 4.99 Å². The molecule has 2 atom stereocenters. The van der Waals surface area contributed by atoms with Crippen molar-refractivity contribution < 1.29 is 9.53 Å². The molecule has 7 heteroatoms. The van der Waals surface area contributed by atoms with E-state index in [1.807, 2.05) is 0 Å². The van der Waals surface area contributed by atoms with Crippen LogP contribution in [0.2, 0.25) is 0 Å². The van der Waals surface area contributed by atoms with E-state index in [2.05, 4.69) is 22.5 Å². The third kappa shape index (κ3) is 8.11. The molecule has 146 valence electrons. The lowest BCUT2D eigenvalue weighted by molar-refractivity contribution is -0.127. The number of halogens is 1. The van der Waals surface area contributed by atoms with Crippen molar-refractivity contribution in [2.24, 2.45) is 10.9 Å². The molecule has 0 aromatic carbocycles. The van der Waals surface area contributed by atoms with Gasteiger partial charge in [0.05, 0.1) is 0 Å². The zero-order valence-corrected chi connectivity index (χ0v) is 18.3. The monoisotopic (exact) mass is 466 g/mol. The Morgan fingerprint density at radius 3 is 2.44 bits per heavy atom. The topological polar surface area (TPSA) is 66.0 Å². The van der Waals surface area contributed by atoms with Crippen LogP contribution in [0, 0.1) is 5.92 Å². The Morgan fingerprint density at radius 1 is 1.12 bits per heavy atom. The molecular weight excluding hydrogens is 431 g/mol. The van der Waals surface area contributed by atoms with Crippen LogP contribution in [0.3, 0.4) is 0 Å². The normalized spacial score (nSPS) is 25.0. The van der Waals surface area contributed by atoms with E-state index in [-0.39, 0.29) is 36.4 Å². The average molecular weight is 466 g/mol. The Hall–Kier alpha value is -0.570. The maximum atomic E-state index is 11.9. The molecule has 2 aliphatic rings. The van der Waals surface area contributed by atoms with E-state index in [9.17, 15) is 4.79 Å². The van der Waals surface area contributed by atoms with Gasteiger partial charge in [-0.25, -0.2) is 4.99 Å². The largest absolute Gasteiger partial charge is 0.381 e. The molecule has 2 unspecified atom stereocenters. The number of hydrogen-bond acceptors (Lipinski definition) is 3. The molecule has 1 aliphatic heterocycles. The van der Waals surface area contributed by atoms with Crippen molar-refractivity contribution in [2.75, 3.05) is 33.9 Å². The van der Waals surface area contributed by atoms with Crippen LogP contribution in [0.1, 0.15) is 51.9 Å². The molecule has 0 spiro atoms. The fourth-order valence-corrected chi connectivity index (χ4v) is 3.44. The highest BCUT2D eigenvalue weighted by Gasteiger charge is 2.23. The minimum absolute atomic E-state index is 0. The predicted molar refractivity (Wildman–Crippen MR) is 113 cm³/mol. The number of likely N-dealkylation sites (N-methyl/N-ethyl adjacent to an activating group) is 1. The number of rotatable bonds is 5. The Bertz CT molecular complexity index is 425. The van der Waals surface area contributed by atoms with E-state index < -0.39 is 0 Å². The molecule has 25 heavy (non-hydrogen) atoms. The predicted octanol–water partition coefficient (Wildman–Crippen LogP) is 2.38. The molecule has 0 aromatic heterocycles. The zero-order valence-electron chi connectivity index (χ0n) is 15.9. The summed E-state index contributed by atoms with van der Waals surface area (Å²) >= 11 is 0. The van der Waals surface area contributed by atoms with Crippen LogP contribution in [-0.2, 0) is 9.53 Å². The highest BCUT2D eigenvalue weighted by atomic mass is 127. The summed E-state index contributed by atoms with van der Waals surface area (Å²) < 4.78 is 5.43. The van der Waals surface area contributed by atoms with Gasteiger partial charge in [-0.05, 0) is 31.6 Å². The van der Waals surface area contributed by atoms with Gasteiger partial charge in [0.2, 0.25) is 5.91 Å². The van der Waals surface area contributed by atoms with Crippen LogP contribution in [0.5, 0.6) is 0 Å². The summed E-state index contributed by atoms with van der Waals surface area (Å²) in [6, 6.07) is 0.842. The SMILES string of the molecule is CCC1CCCC(NC(=NCC(=O)N(C)C)NC2CCOCC2)C1.I. The van der Waals surface area contributed by atoms with Gasteiger partial charge in [-0.2, -0.15) is 0 Å². The molecule has 1 heterocycles. The quantitative estimate of drug-likeness (QED) is 0.371. The van der Waals surface area contributed by atoms with Gasteiger partial charge in [0.25, 0.3) is 0 Å². The van der Waals surface area contributed by atoms with Gasteiger partial charge < -0.3 is 20.3 Å². The van der Waals surface area contributed by atoms with Crippen molar-refractivity contribution in [3.8, 4) is 0 Å². The van der Waals surface area contributed by atoms with E-state index in [4.69, 9.17) is 4.74 Å². The molecule has 2 fully saturated rings. The summed E-state index contributed by atoms with van der Waals surface area (Å²) in [6.45, 7) is 4.05. The third-order valence-corrected chi connectivity index (χ3v) is 5.13. The lowest BCUT2D eigenvalue weighted by Gasteiger charge is -2.32. The van der Waals surface area contributed by atoms with E-state index in [0.29, 0.717) is 12.1 Å². The molecule has 0 bridgehead atoms. The van der Waals surface area contributed by atoms with Gasteiger partial charge in [0.1, 0.15) is 6.54 Å². The second-order valence-corrected chi connectivity index (χ2v) is 7.27. The van der Waals surface area contributed by atoms with Crippen LogP contribution < -0.4 is 10.6 Å². The summed E-state index contributed by atoms with van der Waals surface area (Å²) in [5, 5.41) is 7.11. The Balaban J connectivity index is 0.00000312. The number of carbonyl (C=O) groups excluding carboxylic acids is 1. The summed E-state index contributed by atoms with van der Waals surface area (Å²) in [7, 11) is 3.54. The number of nitrogens with zero attached hydrogens (tertiary/aromatic N) is 2. The summed E-state index contributed by atoms with van der Waals surface area (Å²) in [5.41, 5.74) is 0. The minimum Gasteiger partial charge on any atom is -0.381 e. The van der Waals surface area contributed by atoms with Crippen molar-refractivity contribution in [1.29, 1.82) is 0 Å². The lowest BCUT2D eigenvalue weighted by Crippen LogP contribution is -2.50. The number of amides is 1. The number of guanidine groups is 1. The molecule has 2 N–H and O–H groups in total. The molecular formula is C18H35IN4O2. The van der Waals surface area contributed by atoms with Gasteiger partial charge in [-0.15, -0.1) is 24.0 Å². The van der Waals surface area contributed by atoms with Crippen molar-refractivity contribution in [2.45, 2.75) is 64.0 Å². The van der Waals surface area contributed by atoms with E-state index in [1.54, 1.807) is 19.0 Å². The molecule has 2 rings (SSSR count). The van der Waals surface area contributed by atoms with Gasteiger partial charge in [-0.3, -0.25) is 4.79 Å². The summed E-state index contributed by atoms with van der Waals surface area (Å²) in [5.74, 6) is 1.63. The molecule has 1 saturated carbocycles. The molecule has 1 amide bonds. The first-order chi connectivity index (χ1) is 11.6. The summed E-state index contributed by atoms with van der Waals surface area (Å²) in [6.07, 6.45) is 8.23. The van der Waals surface area contributed by atoms with Gasteiger partial charge >= 0.3 is 0 Å². The maximum absolute atomic E-state index is 11.9.